The van der Waals surface area contributed by atoms with Gasteiger partial charge in [-0.1, -0.05) is 24.3 Å². The number of anilines is 2. The van der Waals surface area contributed by atoms with E-state index >= 15 is 0 Å². The maximum absolute atomic E-state index is 9.51. The summed E-state index contributed by atoms with van der Waals surface area (Å²) in [6, 6.07) is 23.0. The maximum atomic E-state index is 9.51. The highest BCUT2D eigenvalue weighted by molar-refractivity contribution is 5.79. The summed E-state index contributed by atoms with van der Waals surface area (Å²) in [6.45, 7) is 0. The molecule has 0 spiro atoms. The molecule has 4 rings (SSSR count). The number of pyridine rings is 1. The largest absolute Gasteiger partial charge is 0.508 e. The fourth-order valence-electron chi connectivity index (χ4n) is 2.59. The van der Waals surface area contributed by atoms with Crippen molar-refractivity contribution in [2.24, 2.45) is 0 Å². The number of nitrogens with zero attached hydrogens (tertiary/aromatic N) is 2. The van der Waals surface area contributed by atoms with Crippen LogP contribution in [0.3, 0.4) is 0 Å². The standard InChI is InChI=1S/C19H15N3O/c23-16-11-9-14(10-12-16)18-19(20-15-6-2-1-3-7-15)22-13-5-4-8-17(22)21-18/h1-13,20,23H. The lowest BCUT2D eigenvalue weighted by atomic mass is 10.1. The first-order valence-corrected chi connectivity index (χ1v) is 7.40. The van der Waals surface area contributed by atoms with Crippen LogP contribution in [0.1, 0.15) is 0 Å². The number of nitrogens with one attached hydrogen (secondary N) is 1. The molecule has 0 bridgehead atoms. The highest BCUT2D eigenvalue weighted by atomic mass is 16.3. The average molecular weight is 301 g/mol. The Morgan fingerprint density at radius 3 is 2.35 bits per heavy atom. The Bertz CT molecular complexity index is 943. The van der Waals surface area contributed by atoms with Crippen LogP contribution in [0.15, 0.2) is 79.0 Å². The van der Waals surface area contributed by atoms with E-state index in [2.05, 4.69) is 5.32 Å². The normalized spacial score (nSPS) is 10.8. The fourth-order valence-corrected chi connectivity index (χ4v) is 2.59. The smallest absolute Gasteiger partial charge is 0.143 e. The fraction of sp³-hybridized carbons (Fsp3) is 0. The molecule has 2 heterocycles. The van der Waals surface area contributed by atoms with E-state index in [0.717, 1.165) is 28.4 Å². The second-order valence-corrected chi connectivity index (χ2v) is 5.28. The molecule has 2 aromatic carbocycles. The molecule has 0 fully saturated rings. The van der Waals surface area contributed by atoms with Crippen LogP contribution in [0.25, 0.3) is 16.9 Å². The van der Waals surface area contributed by atoms with Gasteiger partial charge in [-0.2, -0.15) is 0 Å². The molecule has 0 saturated carbocycles. The van der Waals surface area contributed by atoms with Gasteiger partial charge >= 0.3 is 0 Å². The quantitative estimate of drug-likeness (QED) is 0.588. The van der Waals surface area contributed by atoms with E-state index in [-0.39, 0.29) is 5.75 Å². The Balaban J connectivity index is 1.89. The molecular weight excluding hydrogens is 286 g/mol. The van der Waals surface area contributed by atoms with Crippen LogP contribution in [-0.2, 0) is 0 Å². The zero-order chi connectivity index (χ0) is 15.6. The molecule has 23 heavy (non-hydrogen) atoms. The van der Waals surface area contributed by atoms with E-state index in [4.69, 9.17) is 4.98 Å². The van der Waals surface area contributed by atoms with Gasteiger partial charge in [0.25, 0.3) is 0 Å². The minimum absolute atomic E-state index is 0.245. The monoisotopic (exact) mass is 301 g/mol. The third kappa shape index (κ3) is 2.51. The molecule has 0 amide bonds. The highest BCUT2D eigenvalue weighted by Crippen LogP contribution is 2.31. The molecule has 0 aliphatic heterocycles. The molecule has 0 atom stereocenters. The number of para-hydroxylation sites is 1. The summed E-state index contributed by atoms with van der Waals surface area (Å²) in [5.41, 5.74) is 3.66. The minimum Gasteiger partial charge on any atom is -0.508 e. The van der Waals surface area contributed by atoms with Crippen molar-refractivity contribution in [3.63, 3.8) is 0 Å². The number of phenolic OH excluding ortho intramolecular Hbond substituents is 1. The summed E-state index contributed by atoms with van der Waals surface area (Å²) in [7, 11) is 0. The first kappa shape index (κ1) is 13.4. The minimum atomic E-state index is 0.245. The van der Waals surface area contributed by atoms with E-state index in [9.17, 15) is 5.11 Å². The molecule has 0 aliphatic rings. The van der Waals surface area contributed by atoms with E-state index in [1.165, 1.54) is 0 Å². The van der Waals surface area contributed by atoms with E-state index in [0.29, 0.717) is 0 Å². The average Bonchev–Trinajstić information content (AvgIpc) is 2.95. The van der Waals surface area contributed by atoms with Crippen molar-refractivity contribution in [3.8, 4) is 17.0 Å². The second-order valence-electron chi connectivity index (χ2n) is 5.28. The molecule has 0 radical (unpaired) electrons. The van der Waals surface area contributed by atoms with Gasteiger partial charge in [0.15, 0.2) is 0 Å². The topological polar surface area (TPSA) is 49.6 Å². The molecule has 0 unspecified atom stereocenters. The van der Waals surface area contributed by atoms with Crippen molar-refractivity contribution in [2.75, 3.05) is 5.32 Å². The number of aromatic nitrogens is 2. The van der Waals surface area contributed by atoms with Gasteiger partial charge in [0.05, 0.1) is 0 Å². The van der Waals surface area contributed by atoms with E-state index < -0.39 is 0 Å². The molecule has 112 valence electrons. The number of phenols is 1. The molecular formula is C19H15N3O. The SMILES string of the molecule is Oc1ccc(-c2nc3ccccn3c2Nc2ccccc2)cc1. The predicted octanol–water partition coefficient (Wildman–Crippen LogP) is 4.45. The van der Waals surface area contributed by atoms with Crippen LogP contribution in [-0.4, -0.2) is 14.5 Å². The third-order valence-corrected chi connectivity index (χ3v) is 3.71. The molecule has 0 aliphatic carbocycles. The number of fused-ring (bicyclic) bond motifs is 1. The number of hydrogen-bond acceptors (Lipinski definition) is 3. The van der Waals surface area contributed by atoms with Crippen LogP contribution in [0.2, 0.25) is 0 Å². The zero-order valence-corrected chi connectivity index (χ0v) is 12.3. The zero-order valence-electron chi connectivity index (χ0n) is 12.3. The Morgan fingerprint density at radius 1 is 0.826 bits per heavy atom. The Hall–Kier alpha value is -3.27. The summed E-state index contributed by atoms with van der Waals surface area (Å²) in [4.78, 5) is 4.73. The lowest BCUT2D eigenvalue weighted by Gasteiger charge is -2.09. The van der Waals surface area contributed by atoms with Crippen molar-refractivity contribution < 1.29 is 5.11 Å². The Labute approximate surface area is 133 Å². The summed E-state index contributed by atoms with van der Waals surface area (Å²) < 4.78 is 2.02. The first-order valence-electron chi connectivity index (χ1n) is 7.40. The van der Waals surface area contributed by atoms with Crippen LogP contribution < -0.4 is 5.32 Å². The van der Waals surface area contributed by atoms with Gasteiger partial charge in [0, 0.05) is 17.4 Å². The van der Waals surface area contributed by atoms with Crippen molar-refractivity contribution >= 4 is 17.2 Å². The lowest BCUT2D eigenvalue weighted by Crippen LogP contribution is -1.96. The van der Waals surface area contributed by atoms with Crippen LogP contribution in [0, 0.1) is 0 Å². The van der Waals surface area contributed by atoms with E-state index in [1.54, 1.807) is 12.1 Å². The van der Waals surface area contributed by atoms with Crippen molar-refractivity contribution in [1.29, 1.82) is 0 Å². The maximum Gasteiger partial charge on any atom is 0.143 e. The van der Waals surface area contributed by atoms with Crippen LogP contribution in [0.5, 0.6) is 5.75 Å². The lowest BCUT2D eigenvalue weighted by molar-refractivity contribution is 0.475. The molecule has 2 N–H and O–H groups in total. The van der Waals surface area contributed by atoms with Gasteiger partial charge in [0.1, 0.15) is 22.9 Å². The van der Waals surface area contributed by atoms with Crippen molar-refractivity contribution in [1.82, 2.24) is 9.38 Å². The number of imidazole rings is 1. The van der Waals surface area contributed by atoms with Crippen LogP contribution >= 0.6 is 0 Å². The van der Waals surface area contributed by atoms with Gasteiger partial charge in [0.2, 0.25) is 0 Å². The predicted molar refractivity (Wildman–Crippen MR) is 92.0 cm³/mol. The van der Waals surface area contributed by atoms with Crippen molar-refractivity contribution in [3.05, 3.63) is 79.0 Å². The first-order chi connectivity index (χ1) is 11.3. The number of benzene rings is 2. The van der Waals surface area contributed by atoms with Gasteiger partial charge in [-0.15, -0.1) is 0 Å². The molecule has 0 saturated heterocycles. The van der Waals surface area contributed by atoms with Gasteiger partial charge in [-0.05, 0) is 48.5 Å². The molecule has 2 aromatic heterocycles. The summed E-state index contributed by atoms with van der Waals surface area (Å²) in [5.74, 6) is 1.15. The van der Waals surface area contributed by atoms with E-state index in [1.807, 2.05) is 71.3 Å². The van der Waals surface area contributed by atoms with Crippen LogP contribution in [0.4, 0.5) is 11.5 Å². The van der Waals surface area contributed by atoms with Gasteiger partial charge in [-0.3, -0.25) is 4.40 Å². The Kier molecular flexibility index (Phi) is 3.20. The van der Waals surface area contributed by atoms with Gasteiger partial charge in [-0.25, -0.2) is 4.98 Å². The molecule has 4 aromatic rings. The number of hydrogen-bond donors (Lipinski definition) is 2. The Morgan fingerprint density at radius 2 is 1.57 bits per heavy atom. The van der Waals surface area contributed by atoms with Gasteiger partial charge < -0.3 is 10.4 Å². The summed E-state index contributed by atoms with van der Waals surface area (Å²) in [5, 5.41) is 13.0. The summed E-state index contributed by atoms with van der Waals surface area (Å²) in [6.07, 6.45) is 1.98. The molecule has 4 heteroatoms. The summed E-state index contributed by atoms with van der Waals surface area (Å²) >= 11 is 0. The third-order valence-electron chi connectivity index (χ3n) is 3.71. The second kappa shape index (κ2) is 5.50. The molecule has 4 nitrogen and oxygen atoms in total. The highest BCUT2D eigenvalue weighted by Gasteiger charge is 2.14. The number of aromatic hydroxyl groups is 1. The number of rotatable bonds is 3. The van der Waals surface area contributed by atoms with Crippen molar-refractivity contribution in [2.45, 2.75) is 0 Å².